The number of ether oxygens (including phenoxy) is 1. The molecule has 0 N–H and O–H groups in total. The maximum absolute atomic E-state index is 5.64. The van der Waals surface area contributed by atoms with E-state index < -0.39 is 0 Å². The molecule has 4 atom stereocenters. The van der Waals surface area contributed by atoms with Gasteiger partial charge < -0.3 is 4.74 Å². The van der Waals surface area contributed by atoms with Crippen LogP contribution < -0.4 is 4.74 Å². The van der Waals surface area contributed by atoms with Crippen molar-refractivity contribution in [2.45, 2.75) is 51.4 Å². The van der Waals surface area contributed by atoms with Crippen LogP contribution >= 0.6 is 0 Å². The second-order valence-electron chi connectivity index (χ2n) is 9.12. The average Bonchev–Trinajstić information content (AvgIpc) is 2.83. The van der Waals surface area contributed by atoms with E-state index in [9.17, 15) is 0 Å². The molecule has 4 rings (SSSR count). The zero-order valence-electron chi connectivity index (χ0n) is 18.7. The number of hydrogen-bond acceptors (Lipinski definition) is 1. The van der Waals surface area contributed by atoms with Gasteiger partial charge in [-0.1, -0.05) is 42.2 Å². The molecule has 2 aromatic carbocycles. The van der Waals surface area contributed by atoms with Crippen molar-refractivity contribution in [3.8, 4) is 17.6 Å². The summed E-state index contributed by atoms with van der Waals surface area (Å²) >= 11 is 0. The monoisotopic (exact) mass is 410 g/mol. The standard InChI is InChI=1S/C30H34O/c1-3-5-20-31-30-18-11-25(12-19-30)7-6-24-9-13-26(14-10-24)28-17-16-27-21-23(4-2)8-15-29(27)22-28/h3-5,9-14,18-19,23,27-29H,2,8,15-17,20-22H2,1H3/b5-3+. The van der Waals surface area contributed by atoms with E-state index in [1.165, 1.54) is 44.1 Å². The molecule has 0 radical (unpaired) electrons. The van der Waals surface area contributed by atoms with Crippen molar-refractivity contribution < 1.29 is 4.74 Å². The molecule has 2 aliphatic carbocycles. The second kappa shape index (κ2) is 10.5. The average molecular weight is 411 g/mol. The predicted octanol–water partition coefficient (Wildman–Crippen LogP) is 7.53. The van der Waals surface area contributed by atoms with E-state index in [1.54, 1.807) is 0 Å². The third-order valence-electron chi connectivity index (χ3n) is 7.16. The molecule has 2 saturated carbocycles. The molecule has 0 heterocycles. The van der Waals surface area contributed by atoms with Crippen LogP contribution in [0.1, 0.15) is 68.1 Å². The summed E-state index contributed by atoms with van der Waals surface area (Å²) in [5, 5.41) is 0. The van der Waals surface area contributed by atoms with E-state index >= 15 is 0 Å². The smallest absolute Gasteiger partial charge is 0.119 e. The number of rotatable bonds is 5. The minimum Gasteiger partial charge on any atom is -0.490 e. The number of benzene rings is 2. The molecule has 2 fully saturated rings. The molecule has 160 valence electrons. The maximum Gasteiger partial charge on any atom is 0.119 e. The van der Waals surface area contributed by atoms with Crippen molar-refractivity contribution >= 4 is 0 Å². The first kappa shape index (κ1) is 21.5. The van der Waals surface area contributed by atoms with Crippen LogP contribution in [0.2, 0.25) is 0 Å². The summed E-state index contributed by atoms with van der Waals surface area (Å²) < 4.78 is 5.64. The Morgan fingerprint density at radius 2 is 1.52 bits per heavy atom. The lowest BCUT2D eigenvalue weighted by molar-refractivity contribution is 0.133. The molecule has 31 heavy (non-hydrogen) atoms. The van der Waals surface area contributed by atoms with Crippen LogP contribution in [0.3, 0.4) is 0 Å². The molecule has 1 heteroatoms. The van der Waals surface area contributed by atoms with Gasteiger partial charge in [0, 0.05) is 11.1 Å². The Balaban J connectivity index is 1.33. The summed E-state index contributed by atoms with van der Waals surface area (Å²) in [6.07, 6.45) is 14.4. The van der Waals surface area contributed by atoms with Gasteiger partial charge in [-0.15, -0.1) is 6.58 Å². The molecule has 0 aromatic heterocycles. The molecular weight excluding hydrogens is 376 g/mol. The first-order chi connectivity index (χ1) is 15.2. The minimum absolute atomic E-state index is 0.603. The molecular formula is C30H34O. The topological polar surface area (TPSA) is 9.23 Å². The summed E-state index contributed by atoms with van der Waals surface area (Å²) in [4.78, 5) is 0. The Labute approximate surface area is 188 Å². The fraction of sp³-hybridized carbons (Fsp3) is 0.400. The van der Waals surface area contributed by atoms with Crippen LogP contribution in [0.5, 0.6) is 5.75 Å². The molecule has 0 amide bonds. The molecule has 0 bridgehead atoms. The number of fused-ring (bicyclic) bond motifs is 1. The normalized spacial score (nSPS) is 25.3. The van der Waals surface area contributed by atoms with E-state index in [0.29, 0.717) is 6.61 Å². The zero-order valence-corrected chi connectivity index (χ0v) is 18.7. The van der Waals surface area contributed by atoms with Crippen molar-refractivity contribution in [2.24, 2.45) is 17.8 Å². The highest BCUT2D eigenvalue weighted by atomic mass is 16.5. The van der Waals surface area contributed by atoms with Gasteiger partial charge in [-0.3, -0.25) is 0 Å². The molecule has 2 aromatic rings. The Kier molecular flexibility index (Phi) is 7.31. The van der Waals surface area contributed by atoms with Gasteiger partial charge in [0.2, 0.25) is 0 Å². The molecule has 0 spiro atoms. The van der Waals surface area contributed by atoms with Crippen molar-refractivity contribution in [1.82, 2.24) is 0 Å². The van der Waals surface area contributed by atoms with Crippen LogP contribution in [0.4, 0.5) is 0 Å². The van der Waals surface area contributed by atoms with Crippen LogP contribution in [-0.2, 0) is 0 Å². The van der Waals surface area contributed by atoms with Crippen LogP contribution in [-0.4, -0.2) is 6.61 Å². The first-order valence-electron chi connectivity index (χ1n) is 11.8. The van der Waals surface area contributed by atoms with Gasteiger partial charge in [0.05, 0.1) is 0 Å². The molecule has 0 aliphatic heterocycles. The quantitative estimate of drug-likeness (QED) is 0.366. The van der Waals surface area contributed by atoms with E-state index in [-0.39, 0.29) is 0 Å². The predicted molar refractivity (Wildman–Crippen MR) is 130 cm³/mol. The number of allylic oxidation sites excluding steroid dienone is 2. The fourth-order valence-electron chi connectivity index (χ4n) is 5.30. The molecule has 0 saturated heterocycles. The summed E-state index contributed by atoms with van der Waals surface area (Å²) in [6.45, 7) is 6.62. The molecule has 2 aliphatic rings. The van der Waals surface area contributed by atoms with Crippen LogP contribution in [0.25, 0.3) is 0 Å². The van der Waals surface area contributed by atoms with E-state index in [4.69, 9.17) is 4.74 Å². The summed E-state index contributed by atoms with van der Waals surface area (Å²) in [7, 11) is 0. The van der Waals surface area contributed by atoms with Gasteiger partial charge in [0.25, 0.3) is 0 Å². The Morgan fingerprint density at radius 1 is 0.871 bits per heavy atom. The van der Waals surface area contributed by atoms with Crippen molar-refractivity contribution in [2.75, 3.05) is 6.61 Å². The highest BCUT2D eigenvalue weighted by Crippen LogP contribution is 2.47. The van der Waals surface area contributed by atoms with Crippen molar-refractivity contribution in [3.05, 3.63) is 90.0 Å². The lowest BCUT2D eigenvalue weighted by atomic mass is 9.64. The molecule has 1 nitrogen and oxygen atoms in total. The Hall–Kier alpha value is -2.72. The van der Waals surface area contributed by atoms with Gasteiger partial charge in [0.1, 0.15) is 12.4 Å². The third kappa shape index (κ3) is 5.71. The first-order valence-corrected chi connectivity index (χ1v) is 11.8. The summed E-state index contributed by atoms with van der Waals surface area (Å²) in [5.74, 6) is 10.8. The number of hydrogen-bond donors (Lipinski definition) is 0. The third-order valence-corrected chi connectivity index (χ3v) is 7.16. The SMILES string of the molecule is C=CC1CCC2CC(c3ccc(C#Cc4ccc(OC/C=C/C)cc4)cc3)CCC2C1. The van der Waals surface area contributed by atoms with Gasteiger partial charge in [-0.2, -0.15) is 0 Å². The van der Waals surface area contributed by atoms with Crippen molar-refractivity contribution in [3.63, 3.8) is 0 Å². The van der Waals surface area contributed by atoms with Crippen LogP contribution in [0, 0.1) is 29.6 Å². The van der Waals surface area contributed by atoms with Gasteiger partial charge in [0.15, 0.2) is 0 Å². The summed E-state index contributed by atoms with van der Waals surface area (Å²) in [6, 6.07) is 17.0. The van der Waals surface area contributed by atoms with Crippen molar-refractivity contribution in [1.29, 1.82) is 0 Å². The second-order valence-corrected chi connectivity index (χ2v) is 9.12. The highest BCUT2D eigenvalue weighted by molar-refractivity contribution is 5.45. The van der Waals surface area contributed by atoms with Crippen LogP contribution in [0.15, 0.2) is 73.3 Å². The van der Waals surface area contributed by atoms with E-state index in [0.717, 1.165) is 40.5 Å². The lowest BCUT2D eigenvalue weighted by Gasteiger charge is -2.41. The zero-order chi connectivity index (χ0) is 21.5. The largest absolute Gasteiger partial charge is 0.490 e. The summed E-state index contributed by atoms with van der Waals surface area (Å²) in [5.41, 5.74) is 3.59. The Morgan fingerprint density at radius 3 is 2.19 bits per heavy atom. The van der Waals surface area contributed by atoms with E-state index in [1.807, 2.05) is 43.3 Å². The Bertz CT molecular complexity index is 939. The van der Waals surface area contributed by atoms with E-state index in [2.05, 4.69) is 48.8 Å². The lowest BCUT2D eigenvalue weighted by Crippen LogP contribution is -2.29. The van der Waals surface area contributed by atoms with Gasteiger partial charge in [-0.25, -0.2) is 0 Å². The highest BCUT2D eigenvalue weighted by Gasteiger charge is 2.35. The van der Waals surface area contributed by atoms with Gasteiger partial charge >= 0.3 is 0 Å². The van der Waals surface area contributed by atoms with Gasteiger partial charge in [-0.05, 0) is 111 Å². The maximum atomic E-state index is 5.64. The molecule has 4 unspecified atom stereocenters. The fourth-order valence-corrected chi connectivity index (χ4v) is 5.30. The minimum atomic E-state index is 0.603.